The zero-order chi connectivity index (χ0) is 11.3. The lowest BCUT2D eigenvalue weighted by atomic mass is 10.3. The average molecular weight is 232 g/mol. The van der Waals surface area contributed by atoms with Crippen LogP contribution in [0.3, 0.4) is 0 Å². The van der Waals surface area contributed by atoms with Crippen LogP contribution in [0, 0.1) is 0 Å². The van der Waals surface area contributed by atoms with E-state index in [0.29, 0.717) is 12.4 Å². The molecular formula is C8H16N4O2S. The van der Waals surface area contributed by atoms with Gasteiger partial charge in [-0.1, -0.05) is 13.3 Å². The minimum Gasteiger partial charge on any atom is -0.262 e. The van der Waals surface area contributed by atoms with Crippen molar-refractivity contribution >= 4 is 16.0 Å². The van der Waals surface area contributed by atoms with Crippen LogP contribution in [0.2, 0.25) is 0 Å². The fourth-order valence-corrected chi connectivity index (χ4v) is 1.95. The van der Waals surface area contributed by atoms with E-state index in [1.165, 1.54) is 10.5 Å². The standard InChI is InChI=1S/C8H16N4O2S/c1-3-4-7-12(2)15(13,14)11-8-5-6-9-10-8/h5-6H,3-4,7H2,1-2H3,(H2,9,10,11). The molecule has 0 radical (unpaired) electrons. The Morgan fingerprint density at radius 1 is 1.60 bits per heavy atom. The molecule has 15 heavy (non-hydrogen) atoms. The molecule has 1 aromatic rings. The van der Waals surface area contributed by atoms with Crippen molar-refractivity contribution in [1.82, 2.24) is 14.5 Å². The van der Waals surface area contributed by atoms with E-state index in [-0.39, 0.29) is 0 Å². The lowest BCUT2D eigenvalue weighted by Crippen LogP contribution is -2.33. The second-order valence-corrected chi connectivity index (χ2v) is 5.03. The van der Waals surface area contributed by atoms with Crippen molar-refractivity contribution in [3.63, 3.8) is 0 Å². The number of aromatic nitrogens is 2. The van der Waals surface area contributed by atoms with Gasteiger partial charge in [0.2, 0.25) is 0 Å². The summed E-state index contributed by atoms with van der Waals surface area (Å²) in [5, 5.41) is 6.19. The van der Waals surface area contributed by atoms with Gasteiger partial charge in [-0.2, -0.15) is 17.8 Å². The fourth-order valence-electron chi connectivity index (χ4n) is 1.03. The average Bonchev–Trinajstić information content (AvgIpc) is 2.65. The summed E-state index contributed by atoms with van der Waals surface area (Å²) in [4.78, 5) is 0. The van der Waals surface area contributed by atoms with Crippen molar-refractivity contribution in [3.05, 3.63) is 12.3 Å². The van der Waals surface area contributed by atoms with E-state index in [1.807, 2.05) is 6.92 Å². The Labute approximate surface area is 89.9 Å². The van der Waals surface area contributed by atoms with E-state index in [2.05, 4.69) is 14.9 Å². The summed E-state index contributed by atoms with van der Waals surface area (Å²) in [6.07, 6.45) is 3.30. The molecule has 0 aliphatic rings. The monoisotopic (exact) mass is 232 g/mol. The summed E-state index contributed by atoms with van der Waals surface area (Å²) in [7, 11) is -1.89. The lowest BCUT2D eigenvalue weighted by molar-refractivity contribution is 0.463. The van der Waals surface area contributed by atoms with Gasteiger partial charge in [-0.25, -0.2) is 0 Å². The van der Waals surface area contributed by atoms with Gasteiger partial charge in [-0.3, -0.25) is 9.82 Å². The van der Waals surface area contributed by atoms with Gasteiger partial charge in [0.1, 0.15) is 5.82 Å². The van der Waals surface area contributed by atoms with Crippen LogP contribution in [0.1, 0.15) is 19.8 Å². The van der Waals surface area contributed by atoms with E-state index < -0.39 is 10.2 Å². The molecule has 1 heterocycles. The molecular weight excluding hydrogens is 216 g/mol. The summed E-state index contributed by atoms with van der Waals surface area (Å²) < 4.78 is 27.0. The first-order chi connectivity index (χ1) is 7.06. The summed E-state index contributed by atoms with van der Waals surface area (Å²) >= 11 is 0. The molecule has 2 N–H and O–H groups in total. The minimum absolute atomic E-state index is 0.373. The molecule has 86 valence electrons. The van der Waals surface area contributed by atoms with Gasteiger partial charge < -0.3 is 0 Å². The van der Waals surface area contributed by atoms with Crippen molar-refractivity contribution in [1.29, 1.82) is 0 Å². The predicted octanol–water partition coefficient (Wildman–Crippen LogP) is 0.798. The highest BCUT2D eigenvalue weighted by atomic mass is 32.2. The SMILES string of the molecule is CCCCN(C)S(=O)(=O)Nc1ccn[nH]1. The molecule has 6 nitrogen and oxygen atoms in total. The molecule has 0 unspecified atom stereocenters. The Balaban J connectivity index is 2.59. The van der Waals surface area contributed by atoms with Crippen LogP contribution in [0.5, 0.6) is 0 Å². The number of nitrogens with one attached hydrogen (secondary N) is 2. The van der Waals surface area contributed by atoms with Gasteiger partial charge in [-0.05, 0) is 6.42 Å². The van der Waals surface area contributed by atoms with Gasteiger partial charge >= 0.3 is 10.2 Å². The first-order valence-corrected chi connectivity index (χ1v) is 6.23. The Kier molecular flexibility index (Phi) is 4.10. The third-order valence-corrected chi connectivity index (χ3v) is 3.46. The number of nitrogens with zero attached hydrogens (tertiary/aromatic N) is 2. The number of hydrogen-bond donors (Lipinski definition) is 2. The Morgan fingerprint density at radius 3 is 2.87 bits per heavy atom. The maximum atomic E-state index is 11.7. The number of H-pyrrole nitrogens is 1. The van der Waals surface area contributed by atoms with Crippen LogP contribution in [0.4, 0.5) is 5.82 Å². The third-order valence-electron chi connectivity index (χ3n) is 1.98. The van der Waals surface area contributed by atoms with Crippen LogP contribution in [-0.4, -0.2) is 36.5 Å². The number of hydrogen-bond acceptors (Lipinski definition) is 3. The number of anilines is 1. The van der Waals surface area contributed by atoms with Crippen molar-refractivity contribution in [2.45, 2.75) is 19.8 Å². The molecule has 0 aliphatic heterocycles. The zero-order valence-corrected chi connectivity index (χ0v) is 9.71. The molecule has 7 heteroatoms. The quantitative estimate of drug-likeness (QED) is 0.761. The molecule has 1 rings (SSSR count). The van der Waals surface area contributed by atoms with Crippen LogP contribution in [0.15, 0.2) is 12.3 Å². The topological polar surface area (TPSA) is 78.1 Å². The maximum absolute atomic E-state index is 11.7. The smallest absolute Gasteiger partial charge is 0.262 e. The van der Waals surface area contributed by atoms with Crippen LogP contribution in [0.25, 0.3) is 0 Å². The molecule has 1 aromatic heterocycles. The molecule has 0 saturated carbocycles. The third kappa shape index (κ3) is 3.52. The van der Waals surface area contributed by atoms with E-state index >= 15 is 0 Å². The van der Waals surface area contributed by atoms with E-state index in [1.54, 1.807) is 13.1 Å². The Bertz CT molecular complexity index is 373. The number of rotatable bonds is 6. The summed E-state index contributed by atoms with van der Waals surface area (Å²) in [5.41, 5.74) is 0. The van der Waals surface area contributed by atoms with E-state index in [9.17, 15) is 8.42 Å². The summed E-state index contributed by atoms with van der Waals surface area (Å²) in [6.45, 7) is 2.53. The zero-order valence-electron chi connectivity index (χ0n) is 8.90. The first-order valence-electron chi connectivity index (χ1n) is 4.79. The second kappa shape index (κ2) is 5.13. The Morgan fingerprint density at radius 2 is 2.33 bits per heavy atom. The molecule has 0 spiro atoms. The lowest BCUT2D eigenvalue weighted by Gasteiger charge is -2.16. The van der Waals surface area contributed by atoms with Gasteiger partial charge in [0.15, 0.2) is 0 Å². The van der Waals surface area contributed by atoms with E-state index in [4.69, 9.17) is 0 Å². The highest BCUT2D eigenvalue weighted by Crippen LogP contribution is 2.06. The maximum Gasteiger partial charge on any atom is 0.302 e. The predicted molar refractivity (Wildman–Crippen MR) is 58.7 cm³/mol. The van der Waals surface area contributed by atoms with Gasteiger partial charge in [-0.15, -0.1) is 0 Å². The second-order valence-electron chi connectivity index (χ2n) is 3.25. The number of aromatic amines is 1. The van der Waals surface area contributed by atoms with E-state index in [0.717, 1.165) is 12.8 Å². The molecule has 0 bridgehead atoms. The van der Waals surface area contributed by atoms with Crippen molar-refractivity contribution in [3.8, 4) is 0 Å². The highest BCUT2D eigenvalue weighted by Gasteiger charge is 2.16. The molecule has 0 aliphatic carbocycles. The Hall–Kier alpha value is -1.08. The van der Waals surface area contributed by atoms with Crippen LogP contribution < -0.4 is 4.72 Å². The fraction of sp³-hybridized carbons (Fsp3) is 0.625. The number of unbranched alkanes of at least 4 members (excludes halogenated alkanes) is 1. The first kappa shape index (κ1) is 12.0. The summed E-state index contributed by atoms with van der Waals surface area (Å²) in [6, 6.07) is 1.56. The summed E-state index contributed by atoms with van der Waals surface area (Å²) in [5.74, 6) is 0.373. The normalized spacial score (nSPS) is 11.9. The largest absolute Gasteiger partial charge is 0.302 e. The molecule has 0 fully saturated rings. The van der Waals surface area contributed by atoms with Crippen LogP contribution >= 0.6 is 0 Å². The molecule has 0 atom stereocenters. The molecule has 0 saturated heterocycles. The minimum atomic E-state index is -3.44. The van der Waals surface area contributed by atoms with Crippen molar-refractivity contribution in [2.75, 3.05) is 18.3 Å². The van der Waals surface area contributed by atoms with Crippen LogP contribution in [-0.2, 0) is 10.2 Å². The van der Waals surface area contributed by atoms with Gasteiger partial charge in [0.05, 0.1) is 6.20 Å². The van der Waals surface area contributed by atoms with Crippen molar-refractivity contribution < 1.29 is 8.42 Å². The van der Waals surface area contributed by atoms with Gasteiger partial charge in [0.25, 0.3) is 0 Å². The highest BCUT2D eigenvalue weighted by molar-refractivity contribution is 7.90. The molecule has 0 amide bonds. The van der Waals surface area contributed by atoms with Crippen molar-refractivity contribution in [2.24, 2.45) is 0 Å². The molecule has 0 aromatic carbocycles. The van der Waals surface area contributed by atoms with Gasteiger partial charge in [0, 0.05) is 19.7 Å².